The highest BCUT2D eigenvalue weighted by Gasteiger charge is 2.73. The van der Waals surface area contributed by atoms with E-state index in [2.05, 4.69) is 48.5 Å². The van der Waals surface area contributed by atoms with Crippen LogP contribution in [0.15, 0.2) is 0 Å². The van der Waals surface area contributed by atoms with Crippen molar-refractivity contribution in [3.63, 3.8) is 0 Å². The van der Waals surface area contributed by atoms with Crippen LogP contribution >= 0.6 is 0 Å². The Bertz CT molecular complexity index is 986. The monoisotopic (exact) mass is 530 g/mol. The first-order valence-corrected chi connectivity index (χ1v) is 15.4. The average molecular weight is 531 g/mol. The topological polar surface area (TPSA) is 72.8 Å². The average Bonchev–Trinajstić information content (AvgIpc) is 2.81. The molecule has 0 aliphatic heterocycles. The molecule has 0 radical (unpaired) electrons. The van der Waals surface area contributed by atoms with Crippen molar-refractivity contribution in [2.75, 3.05) is 7.11 Å². The SMILES string of the molecule is COC(=O)[C@]12CCC(C)(C)C[C@H]1[C@H]1[C@@H](O)C[C@@H]3[C@@]4(C)CC[C@H](OC(C)=O)C(C)(C)[C@@H]4CC[C@@]3(C)[C@]1(C)CC2. The second kappa shape index (κ2) is 8.70. The minimum atomic E-state index is -0.455. The zero-order chi connectivity index (χ0) is 28.1. The van der Waals surface area contributed by atoms with Gasteiger partial charge in [-0.05, 0) is 110 Å². The summed E-state index contributed by atoms with van der Waals surface area (Å²) in [6.07, 6.45) is 9.31. The molecule has 0 heterocycles. The lowest BCUT2D eigenvalue weighted by molar-refractivity contribution is -0.279. The molecule has 0 bridgehead atoms. The van der Waals surface area contributed by atoms with Crippen LogP contribution in [0.25, 0.3) is 0 Å². The van der Waals surface area contributed by atoms with Crippen molar-refractivity contribution in [2.24, 2.45) is 56.2 Å². The standard InChI is InChI=1S/C33H54O5/c1-20(34)38-25-11-12-30(6)23(29(25,4)5)10-13-31(7)24(30)18-22(35)26-21-19-28(2,3)14-16-33(21,27(36)37-9)17-15-32(26,31)8/h21-26,35H,10-19H2,1-9H3/t21-,22-,23-,24+,25-,26-,30-,31+,32+,33-/m0/s1. The summed E-state index contributed by atoms with van der Waals surface area (Å²) in [5.74, 6) is 0.909. The third-order valence-corrected chi connectivity index (χ3v) is 14.1. The van der Waals surface area contributed by atoms with E-state index in [1.54, 1.807) is 7.11 Å². The molecule has 0 amide bonds. The van der Waals surface area contributed by atoms with E-state index in [1.165, 1.54) is 6.92 Å². The number of esters is 2. The minimum absolute atomic E-state index is 0.0319. The number of fused-ring (bicyclic) bond motifs is 7. The molecule has 5 heteroatoms. The highest BCUT2D eigenvalue weighted by molar-refractivity contribution is 5.77. The van der Waals surface area contributed by atoms with Gasteiger partial charge in [0.25, 0.3) is 0 Å². The lowest BCUT2D eigenvalue weighted by Gasteiger charge is -2.74. The Morgan fingerprint density at radius 2 is 1.47 bits per heavy atom. The number of carbonyl (C=O) groups is 2. The van der Waals surface area contributed by atoms with Crippen LogP contribution in [0.1, 0.15) is 120 Å². The molecule has 5 fully saturated rings. The van der Waals surface area contributed by atoms with Gasteiger partial charge in [-0.25, -0.2) is 0 Å². The van der Waals surface area contributed by atoms with Crippen molar-refractivity contribution >= 4 is 11.9 Å². The van der Waals surface area contributed by atoms with E-state index in [1.807, 2.05) is 0 Å². The summed E-state index contributed by atoms with van der Waals surface area (Å²) >= 11 is 0. The molecule has 0 aromatic rings. The number of hydrogen-bond donors (Lipinski definition) is 1. The molecule has 5 aliphatic carbocycles. The van der Waals surface area contributed by atoms with Gasteiger partial charge < -0.3 is 14.6 Å². The number of rotatable bonds is 2. The fourth-order valence-electron chi connectivity index (χ4n) is 12.0. The number of aliphatic hydroxyl groups excluding tert-OH is 1. The summed E-state index contributed by atoms with van der Waals surface area (Å²) in [6.45, 7) is 18.4. The van der Waals surface area contributed by atoms with E-state index in [-0.39, 0.29) is 57.0 Å². The zero-order valence-electron chi connectivity index (χ0n) is 25.6. The zero-order valence-corrected chi connectivity index (χ0v) is 25.6. The van der Waals surface area contributed by atoms with Crippen molar-refractivity contribution in [3.05, 3.63) is 0 Å². The Morgan fingerprint density at radius 3 is 2.11 bits per heavy atom. The first-order valence-electron chi connectivity index (χ1n) is 15.4. The number of aliphatic hydroxyl groups is 1. The molecule has 38 heavy (non-hydrogen) atoms. The highest BCUT2D eigenvalue weighted by Crippen LogP contribution is 2.77. The summed E-state index contributed by atoms with van der Waals surface area (Å²) in [5.41, 5.74) is -0.232. The van der Waals surface area contributed by atoms with Gasteiger partial charge in [0, 0.05) is 12.3 Å². The van der Waals surface area contributed by atoms with E-state index < -0.39 is 11.5 Å². The van der Waals surface area contributed by atoms with Gasteiger partial charge in [0.1, 0.15) is 6.10 Å². The number of carbonyl (C=O) groups excluding carboxylic acids is 2. The molecule has 5 aliphatic rings. The van der Waals surface area contributed by atoms with Crippen LogP contribution in [-0.2, 0) is 19.1 Å². The van der Waals surface area contributed by atoms with Crippen molar-refractivity contribution in [1.82, 2.24) is 0 Å². The molecule has 5 saturated carbocycles. The second-order valence-corrected chi connectivity index (χ2v) is 16.4. The van der Waals surface area contributed by atoms with E-state index in [0.29, 0.717) is 11.8 Å². The molecule has 5 rings (SSSR count). The molecule has 10 atom stereocenters. The lowest BCUT2D eigenvalue weighted by atomic mass is 9.31. The van der Waals surface area contributed by atoms with E-state index >= 15 is 0 Å². The van der Waals surface area contributed by atoms with E-state index in [0.717, 1.165) is 64.2 Å². The van der Waals surface area contributed by atoms with Crippen molar-refractivity contribution < 1.29 is 24.2 Å². The first kappa shape index (κ1) is 28.4. The molecule has 5 nitrogen and oxygen atoms in total. The maximum atomic E-state index is 13.5. The Morgan fingerprint density at radius 1 is 0.816 bits per heavy atom. The van der Waals surface area contributed by atoms with Crippen molar-refractivity contribution in [3.8, 4) is 0 Å². The normalized spacial score (nSPS) is 50.9. The molecular formula is C33H54O5. The van der Waals surface area contributed by atoms with Crippen LogP contribution < -0.4 is 0 Å². The Kier molecular flexibility index (Phi) is 6.51. The van der Waals surface area contributed by atoms with Gasteiger partial charge in [-0.1, -0.05) is 48.5 Å². The Labute approximate surface area is 231 Å². The van der Waals surface area contributed by atoms with Gasteiger partial charge in [0.05, 0.1) is 18.6 Å². The molecule has 0 spiro atoms. The van der Waals surface area contributed by atoms with Gasteiger partial charge in [-0.3, -0.25) is 9.59 Å². The second-order valence-electron chi connectivity index (χ2n) is 16.4. The smallest absolute Gasteiger partial charge is 0.312 e. The van der Waals surface area contributed by atoms with Gasteiger partial charge in [-0.15, -0.1) is 0 Å². The first-order chi connectivity index (χ1) is 17.5. The van der Waals surface area contributed by atoms with Gasteiger partial charge in [-0.2, -0.15) is 0 Å². The fraction of sp³-hybridized carbons (Fsp3) is 0.939. The molecule has 0 aromatic heterocycles. The number of methoxy groups -OCH3 is 1. The quantitative estimate of drug-likeness (QED) is 0.391. The summed E-state index contributed by atoms with van der Waals surface area (Å²) in [5, 5.41) is 12.2. The lowest BCUT2D eigenvalue weighted by Crippen LogP contribution is -2.70. The largest absolute Gasteiger partial charge is 0.469 e. The van der Waals surface area contributed by atoms with E-state index in [9.17, 15) is 14.7 Å². The van der Waals surface area contributed by atoms with Gasteiger partial charge in [0.2, 0.25) is 0 Å². The van der Waals surface area contributed by atoms with Crippen molar-refractivity contribution in [2.45, 2.75) is 132 Å². The molecule has 0 saturated heterocycles. The van der Waals surface area contributed by atoms with Crippen LogP contribution in [0.5, 0.6) is 0 Å². The van der Waals surface area contributed by atoms with Gasteiger partial charge in [0.15, 0.2) is 0 Å². The maximum absolute atomic E-state index is 13.5. The predicted molar refractivity (Wildman–Crippen MR) is 148 cm³/mol. The van der Waals surface area contributed by atoms with Crippen LogP contribution in [0.3, 0.4) is 0 Å². The number of hydrogen-bond acceptors (Lipinski definition) is 5. The van der Waals surface area contributed by atoms with Crippen LogP contribution in [0.4, 0.5) is 0 Å². The predicted octanol–water partition coefficient (Wildman–Crippen LogP) is 6.94. The minimum Gasteiger partial charge on any atom is -0.469 e. The molecule has 0 unspecified atom stereocenters. The molecular weight excluding hydrogens is 476 g/mol. The summed E-state index contributed by atoms with van der Waals surface area (Å²) in [4.78, 5) is 25.4. The number of ether oxygens (including phenoxy) is 2. The Balaban J connectivity index is 1.55. The summed E-state index contributed by atoms with van der Waals surface area (Å²) in [7, 11) is 1.55. The van der Waals surface area contributed by atoms with Gasteiger partial charge >= 0.3 is 11.9 Å². The van der Waals surface area contributed by atoms with Crippen molar-refractivity contribution in [1.29, 1.82) is 0 Å². The van der Waals surface area contributed by atoms with Crippen LogP contribution in [0, 0.1) is 56.2 Å². The molecule has 1 N–H and O–H groups in total. The Hall–Kier alpha value is -1.10. The van der Waals surface area contributed by atoms with Crippen LogP contribution in [-0.4, -0.2) is 36.4 Å². The highest BCUT2D eigenvalue weighted by atomic mass is 16.5. The maximum Gasteiger partial charge on any atom is 0.312 e. The molecule has 0 aromatic carbocycles. The summed E-state index contributed by atoms with van der Waals surface area (Å²) < 4.78 is 11.4. The van der Waals surface area contributed by atoms with Crippen LogP contribution in [0.2, 0.25) is 0 Å². The third-order valence-electron chi connectivity index (χ3n) is 14.1. The summed E-state index contributed by atoms with van der Waals surface area (Å²) in [6, 6.07) is 0. The van der Waals surface area contributed by atoms with E-state index in [4.69, 9.17) is 9.47 Å². The fourth-order valence-corrected chi connectivity index (χ4v) is 12.0. The third kappa shape index (κ3) is 3.64. The molecule has 216 valence electrons.